The largest absolute Gasteiger partial charge is 0.369 e. The van der Waals surface area contributed by atoms with Gasteiger partial charge < -0.3 is 9.72 Å². The fourth-order valence-electron chi connectivity index (χ4n) is 1.94. The van der Waals surface area contributed by atoms with Gasteiger partial charge in [0.05, 0.1) is 11.2 Å². The van der Waals surface area contributed by atoms with E-state index in [2.05, 4.69) is 22.2 Å². The molecule has 2 aromatic heterocycles. The van der Waals surface area contributed by atoms with Crippen molar-refractivity contribution in [3.05, 3.63) is 47.9 Å². The summed E-state index contributed by atoms with van der Waals surface area (Å²) in [6, 6.07) is 7.76. The number of hydrogen-bond acceptors (Lipinski definition) is 4. The fourth-order valence-corrected chi connectivity index (χ4v) is 3.11. The van der Waals surface area contributed by atoms with Crippen LogP contribution in [0.15, 0.2) is 52.8 Å². The van der Waals surface area contributed by atoms with Crippen molar-refractivity contribution in [1.82, 2.24) is 14.4 Å². The number of halogens is 1. The van der Waals surface area contributed by atoms with E-state index >= 15 is 0 Å². The first kappa shape index (κ1) is 14.2. The van der Waals surface area contributed by atoms with Crippen molar-refractivity contribution in [3.63, 3.8) is 0 Å². The summed E-state index contributed by atoms with van der Waals surface area (Å²) in [5.74, 6) is 0.844. The topological polar surface area (TPSA) is 42.2 Å². The smallest absolute Gasteiger partial charge is 0.170 e. The molecular weight excluding hydrogens is 304 g/mol. The van der Waals surface area contributed by atoms with E-state index in [4.69, 9.17) is 11.6 Å². The summed E-state index contributed by atoms with van der Waals surface area (Å²) in [5, 5.41) is 4.88. The third-order valence-corrected chi connectivity index (χ3v) is 4.43. The molecule has 6 heteroatoms. The Hall–Kier alpha value is -1.72. The van der Waals surface area contributed by atoms with Gasteiger partial charge in [0.25, 0.3) is 0 Å². The normalized spacial score (nSPS) is 11.0. The van der Waals surface area contributed by atoms with Crippen LogP contribution in [0.2, 0.25) is 5.02 Å². The van der Waals surface area contributed by atoms with Gasteiger partial charge in [-0.15, -0.1) is 0 Å². The van der Waals surface area contributed by atoms with Crippen molar-refractivity contribution < 1.29 is 0 Å². The Morgan fingerprint density at radius 2 is 2.19 bits per heavy atom. The lowest BCUT2D eigenvalue weighted by Crippen LogP contribution is -2.04. The lowest BCUT2D eigenvalue weighted by atomic mass is 10.4. The maximum absolute atomic E-state index is 6.23. The van der Waals surface area contributed by atoms with Crippen molar-refractivity contribution in [2.45, 2.75) is 23.3 Å². The van der Waals surface area contributed by atoms with Gasteiger partial charge in [0.15, 0.2) is 5.65 Å². The van der Waals surface area contributed by atoms with Crippen LogP contribution < -0.4 is 5.32 Å². The van der Waals surface area contributed by atoms with E-state index in [1.807, 2.05) is 41.1 Å². The predicted molar refractivity (Wildman–Crippen MR) is 87.3 cm³/mol. The van der Waals surface area contributed by atoms with Gasteiger partial charge in [-0.2, -0.15) is 0 Å². The minimum atomic E-state index is 0.723. The molecule has 0 atom stereocenters. The van der Waals surface area contributed by atoms with Gasteiger partial charge >= 0.3 is 0 Å². The number of benzene rings is 1. The molecule has 0 aliphatic rings. The summed E-state index contributed by atoms with van der Waals surface area (Å²) >= 11 is 7.76. The first-order valence-electron chi connectivity index (χ1n) is 6.78. The highest BCUT2D eigenvalue weighted by molar-refractivity contribution is 7.99. The van der Waals surface area contributed by atoms with E-state index in [9.17, 15) is 0 Å². The number of nitrogens with zero attached hydrogens (tertiary/aromatic N) is 3. The van der Waals surface area contributed by atoms with Gasteiger partial charge in [-0.3, -0.25) is 0 Å². The van der Waals surface area contributed by atoms with Crippen LogP contribution in [0.25, 0.3) is 5.65 Å². The van der Waals surface area contributed by atoms with Gasteiger partial charge in [-0.25, -0.2) is 9.97 Å². The molecule has 1 aromatic carbocycles. The highest BCUT2D eigenvalue weighted by Crippen LogP contribution is 2.34. The van der Waals surface area contributed by atoms with Crippen molar-refractivity contribution in [2.75, 3.05) is 11.9 Å². The lowest BCUT2D eigenvalue weighted by Gasteiger charge is -2.09. The molecule has 0 radical (unpaired) electrons. The standard InChI is InChI=1S/C15H15ClN4S/c1-2-7-17-13-10-20-9-8-18-14(20)15(19-13)21-12-6-4-3-5-11(12)16/h3-6,8-10,17H,2,7H2,1H3. The first-order chi connectivity index (χ1) is 10.3. The van der Waals surface area contributed by atoms with Crippen LogP contribution in [0.4, 0.5) is 5.82 Å². The van der Waals surface area contributed by atoms with Crippen LogP contribution in [0.3, 0.4) is 0 Å². The van der Waals surface area contributed by atoms with Gasteiger partial charge in [-0.1, -0.05) is 42.4 Å². The van der Waals surface area contributed by atoms with E-state index < -0.39 is 0 Å². The maximum atomic E-state index is 6.23. The molecule has 0 amide bonds. The highest BCUT2D eigenvalue weighted by Gasteiger charge is 2.11. The zero-order valence-electron chi connectivity index (χ0n) is 11.6. The quantitative estimate of drug-likeness (QED) is 0.759. The van der Waals surface area contributed by atoms with Gasteiger partial charge in [-0.05, 0) is 18.6 Å². The molecular formula is C15H15ClN4S. The molecule has 1 N–H and O–H groups in total. The second-order valence-corrected chi connectivity index (χ2v) is 5.99. The molecule has 0 aliphatic carbocycles. The zero-order chi connectivity index (χ0) is 14.7. The Kier molecular flexibility index (Phi) is 4.31. The molecule has 108 valence electrons. The Morgan fingerprint density at radius 3 is 3.00 bits per heavy atom. The van der Waals surface area contributed by atoms with Crippen molar-refractivity contribution in [2.24, 2.45) is 0 Å². The maximum Gasteiger partial charge on any atom is 0.170 e. The molecule has 0 saturated carbocycles. The van der Waals surface area contributed by atoms with Crippen LogP contribution in [-0.4, -0.2) is 20.9 Å². The summed E-state index contributed by atoms with van der Waals surface area (Å²) in [7, 11) is 0. The van der Waals surface area contributed by atoms with Crippen molar-refractivity contribution in [3.8, 4) is 0 Å². The van der Waals surface area contributed by atoms with Crippen molar-refractivity contribution >= 4 is 34.8 Å². The molecule has 3 rings (SSSR count). The molecule has 21 heavy (non-hydrogen) atoms. The first-order valence-corrected chi connectivity index (χ1v) is 7.97. The Morgan fingerprint density at radius 1 is 1.33 bits per heavy atom. The average molecular weight is 319 g/mol. The van der Waals surface area contributed by atoms with Crippen LogP contribution in [0, 0.1) is 0 Å². The number of anilines is 1. The van der Waals surface area contributed by atoms with Gasteiger partial charge in [0, 0.05) is 23.8 Å². The molecule has 0 unspecified atom stereocenters. The van der Waals surface area contributed by atoms with Gasteiger partial charge in [0.1, 0.15) is 10.8 Å². The number of fused-ring (bicyclic) bond motifs is 1. The SMILES string of the molecule is CCCNc1cn2ccnc2c(Sc2ccccc2Cl)n1. The van der Waals surface area contributed by atoms with Crippen LogP contribution in [0.1, 0.15) is 13.3 Å². The number of nitrogens with one attached hydrogen (secondary N) is 1. The Bertz CT molecular complexity index is 756. The monoisotopic (exact) mass is 318 g/mol. The van der Waals surface area contributed by atoms with E-state index in [1.54, 1.807) is 6.20 Å². The molecule has 4 nitrogen and oxygen atoms in total. The highest BCUT2D eigenvalue weighted by atomic mass is 35.5. The molecule has 0 aliphatic heterocycles. The molecule has 0 fully saturated rings. The number of hydrogen-bond donors (Lipinski definition) is 1. The Balaban J connectivity index is 2.00. The zero-order valence-corrected chi connectivity index (χ0v) is 13.2. The molecule has 3 aromatic rings. The Labute approximate surface area is 132 Å². The van der Waals surface area contributed by atoms with Crippen LogP contribution in [0.5, 0.6) is 0 Å². The fraction of sp³-hybridized carbons (Fsp3) is 0.200. The number of rotatable bonds is 5. The van der Waals surface area contributed by atoms with E-state index in [1.165, 1.54) is 11.8 Å². The lowest BCUT2D eigenvalue weighted by molar-refractivity contribution is 0.945. The summed E-state index contributed by atoms with van der Waals surface area (Å²) in [4.78, 5) is 10.0. The second-order valence-electron chi connectivity index (χ2n) is 4.55. The van der Waals surface area contributed by atoms with Gasteiger partial charge in [0.2, 0.25) is 0 Å². The molecule has 2 heterocycles. The van der Waals surface area contributed by atoms with Crippen LogP contribution >= 0.6 is 23.4 Å². The molecule has 0 bridgehead atoms. The third-order valence-electron chi connectivity index (χ3n) is 2.94. The van der Waals surface area contributed by atoms with Crippen molar-refractivity contribution in [1.29, 1.82) is 0 Å². The van der Waals surface area contributed by atoms with E-state index in [0.717, 1.165) is 39.4 Å². The third kappa shape index (κ3) is 3.14. The summed E-state index contributed by atoms with van der Waals surface area (Å²) in [5.41, 5.74) is 0.835. The minimum absolute atomic E-state index is 0.723. The minimum Gasteiger partial charge on any atom is -0.369 e. The number of aromatic nitrogens is 3. The summed E-state index contributed by atoms with van der Waals surface area (Å²) < 4.78 is 1.98. The summed E-state index contributed by atoms with van der Waals surface area (Å²) in [6.45, 7) is 3.02. The molecule has 0 saturated heterocycles. The second kappa shape index (κ2) is 6.37. The summed E-state index contributed by atoms with van der Waals surface area (Å²) in [6.07, 6.45) is 6.70. The molecule has 0 spiro atoms. The average Bonchev–Trinajstić information content (AvgIpc) is 2.96. The predicted octanol–water partition coefficient (Wildman–Crippen LogP) is 4.36. The van der Waals surface area contributed by atoms with E-state index in [0.29, 0.717) is 0 Å². The van der Waals surface area contributed by atoms with Crippen LogP contribution in [-0.2, 0) is 0 Å². The number of imidazole rings is 1. The van der Waals surface area contributed by atoms with E-state index in [-0.39, 0.29) is 0 Å².